The first-order chi connectivity index (χ1) is 9.92. The Morgan fingerprint density at radius 3 is 2.10 bits per heavy atom. The Bertz CT molecular complexity index is 493. The summed E-state index contributed by atoms with van der Waals surface area (Å²) in [6, 6.07) is 3.78. The number of hydrogen-bond acceptors (Lipinski definition) is 4. The number of hydrogen-bond donors (Lipinski definition) is 2. The fraction of sp³-hybridized carbons (Fsp3) is 0.467. The van der Waals surface area contributed by atoms with Crippen LogP contribution in [0.2, 0.25) is 0 Å². The first-order valence-corrected chi connectivity index (χ1v) is 6.69. The number of nitrogens with one attached hydrogen (secondary N) is 1. The lowest BCUT2D eigenvalue weighted by Crippen LogP contribution is -2.45. The van der Waals surface area contributed by atoms with E-state index in [1.165, 1.54) is 26.4 Å². The van der Waals surface area contributed by atoms with Crippen LogP contribution in [0.25, 0.3) is 0 Å². The molecule has 0 aliphatic heterocycles. The number of carboxylic acids is 1. The van der Waals surface area contributed by atoms with Gasteiger partial charge in [-0.25, -0.2) is 4.79 Å². The molecule has 6 heteroatoms. The van der Waals surface area contributed by atoms with Crippen molar-refractivity contribution in [3.05, 3.63) is 23.8 Å². The molecule has 1 amide bonds. The summed E-state index contributed by atoms with van der Waals surface area (Å²) in [7, 11) is 2.96. The number of methoxy groups -OCH3 is 2. The molecule has 0 heterocycles. The van der Waals surface area contributed by atoms with E-state index < -0.39 is 17.9 Å². The number of aliphatic carboxylic acids is 1. The molecule has 0 unspecified atom stereocenters. The van der Waals surface area contributed by atoms with Crippen LogP contribution in [0.3, 0.4) is 0 Å². The van der Waals surface area contributed by atoms with Gasteiger partial charge in [0, 0.05) is 11.6 Å². The predicted molar refractivity (Wildman–Crippen MR) is 77.9 cm³/mol. The predicted octanol–water partition coefficient (Wildman–Crippen LogP) is 1.93. The number of amides is 1. The molecule has 21 heavy (non-hydrogen) atoms. The van der Waals surface area contributed by atoms with Crippen molar-refractivity contribution in [2.45, 2.75) is 26.3 Å². The minimum absolute atomic E-state index is 0.168. The summed E-state index contributed by atoms with van der Waals surface area (Å²) in [6.45, 7) is 3.66. The highest BCUT2D eigenvalue weighted by atomic mass is 16.5. The van der Waals surface area contributed by atoms with Crippen LogP contribution in [-0.2, 0) is 4.79 Å². The van der Waals surface area contributed by atoms with Gasteiger partial charge < -0.3 is 19.9 Å². The zero-order valence-electron chi connectivity index (χ0n) is 12.7. The van der Waals surface area contributed by atoms with E-state index in [9.17, 15) is 14.7 Å². The van der Waals surface area contributed by atoms with Gasteiger partial charge in [0.1, 0.15) is 17.5 Å². The molecule has 0 aliphatic rings. The number of carbonyl (C=O) groups excluding carboxylic acids is 1. The van der Waals surface area contributed by atoms with Crippen molar-refractivity contribution in [2.75, 3.05) is 14.2 Å². The maximum absolute atomic E-state index is 12.2. The maximum Gasteiger partial charge on any atom is 0.326 e. The number of ether oxygens (including phenoxy) is 2. The van der Waals surface area contributed by atoms with E-state index in [0.717, 1.165) is 0 Å². The standard InChI is InChI=1S/C15H21NO5/c1-5-9(2)13(15(18)19)16-14(17)10-6-11(20-3)8-12(7-10)21-4/h6-9,13H,5H2,1-4H3,(H,16,17)(H,18,19)/t9-,13-/m0/s1. The highest BCUT2D eigenvalue weighted by Gasteiger charge is 2.26. The van der Waals surface area contributed by atoms with Gasteiger partial charge in [-0.3, -0.25) is 4.79 Å². The Morgan fingerprint density at radius 2 is 1.71 bits per heavy atom. The van der Waals surface area contributed by atoms with Gasteiger partial charge in [-0.05, 0) is 18.1 Å². The third-order valence-electron chi connectivity index (χ3n) is 3.38. The van der Waals surface area contributed by atoms with E-state index in [1.807, 2.05) is 6.92 Å². The average Bonchev–Trinajstić information content (AvgIpc) is 2.50. The molecule has 0 saturated carbocycles. The van der Waals surface area contributed by atoms with Crippen LogP contribution in [0.15, 0.2) is 18.2 Å². The second-order valence-corrected chi connectivity index (χ2v) is 4.78. The van der Waals surface area contributed by atoms with Gasteiger partial charge in [0.25, 0.3) is 5.91 Å². The monoisotopic (exact) mass is 295 g/mol. The summed E-state index contributed by atoms with van der Waals surface area (Å²) in [5.41, 5.74) is 0.292. The van der Waals surface area contributed by atoms with Crippen molar-refractivity contribution in [1.82, 2.24) is 5.32 Å². The molecule has 0 aliphatic carbocycles. The molecule has 0 saturated heterocycles. The lowest BCUT2D eigenvalue weighted by molar-refractivity contribution is -0.140. The largest absolute Gasteiger partial charge is 0.497 e. The molecule has 0 spiro atoms. The van der Waals surface area contributed by atoms with Gasteiger partial charge in [-0.15, -0.1) is 0 Å². The Labute approximate surface area is 124 Å². The first kappa shape index (κ1) is 16.8. The second-order valence-electron chi connectivity index (χ2n) is 4.78. The molecule has 0 aromatic heterocycles. The summed E-state index contributed by atoms with van der Waals surface area (Å²) in [5, 5.41) is 11.7. The highest BCUT2D eigenvalue weighted by molar-refractivity contribution is 5.97. The lowest BCUT2D eigenvalue weighted by atomic mass is 9.99. The van der Waals surface area contributed by atoms with Gasteiger partial charge in [-0.1, -0.05) is 20.3 Å². The van der Waals surface area contributed by atoms with Crippen LogP contribution in [0, 0.1) is 5.92 Å². The summed E-state index contributed by atoms with van der Waals surface area (Å²) in [4.78, 5) is 23.5. The van der Waals surface area contributed by atoms with E-state index >= 15 is 0 Å². The van der Waals surface area contributed by atoms with Gasteiger partial charge >= 0.3 is 5.97 Å². The van der Waals surface area contributed by atoms with E-state index in [4.69, 9.17) is 9.47 Å². The minimum atomic E-state index is -1.05. The van der Waals surface area contributed by atoms with Crippen LogP contribution in [0.5, 0.6) is 11.5 Å². The van der Waals surface area contributed by atoms with Gasteiger partial charge in [0.15, 0.2) is 0 Å². The zero-order valence-corrected chi connectivity index (χ0v) is 12.7. The fourth-order valence-corrected chi connectivity index (χ4v) is 1.85. The molecule has 1 aromatic rings. The van der Waals surface area contributed by atoms with Crippen molar-refractivity contribution in [3.63, 3.8) is 0 Å². The molecule has 1 aromatic carbocycles. The average molecular weight is 295 g/mol. The highest BCUT2D eigenvalue weighted by Crippen LogP contribution is 2.22. The van der Waals surface area contributed by atoms with Crippen molar-refractivity contribution < 1.29 is 24.2 Å². The summed E-state index contributed by atoms with van der Waals surface area (Å²) < 4.78 is 10.2. The molecule has 6 nitrogen and oxygen atoms in total. The smallest absolute Gasteiger partial charge is 0.326 e. The minimum Gasteiger partial charge on any atom is -0.497 e. The molecular formula is C15H21NO5. The van der Waals surface area contributed by atoms with E-state index in [1.54, 1.807) is 13.0 Å². The quantitative estimate of drug-likeness (QED) is 0.803. The van der Waals surface area contributed by atoms with Crippen LogP contribution >= 0.6 is 0 Å². The molecule has 0 fully saturated rings. The summed E-state index contributed by atoms with van der Waals surface area (Å²) >= 11 is 0. The maximum atomic E-state index is 12.2. The Morgan fingerprint density at radius 1 is 1.19 bits per heavy atom. The third kappa shape index (κ3) is 4.37. The molecule has 0 bridgehead atoms. The molecule has 116 valence electrons. The van der Waals surface area contributed by atoms with E-state index in [-0.39, 0.29) is 5.92 Å². The fourth-order valence-electron chi connectivity index (χ4n) is 1.85. The number of rotatable bonds is 7. The normalized spacial score (nSPS) is 13.1. The van der Waals surface area contributed by atoms with Crippen molar-refractivity contribution >= 4 is 11.9 Å². The van der Waals surface area contributed by atoms with Crippen molar-refractivity contribution in [1.29, 1.82) is 0 Å². The molecule has 0 radical (unpaired) electrons. The first-order valence-electron chi connectivity index (χ1n) is 6.69. The number of carbonyl (C=O) groups is 2. The van der Waals surface area contributed by atoms with Gasteiger partial charge in [-0.2, -0.15) is 0 Å². The van der Waals surface area contributed by atoms with Gasteiger partial charge in [0.2, 0.25) is 0 Å². The Balaban J connectivity index is 2.99. The number of benzene rings is 1. The Hall–Kier alpha value is -2.24. The van der Waals surface area contributed by atoms with Gasteiger partial charge in [0.05, 0.1) is 14.2 Å². The summed E-state index contributed by atoms with van der Waals surface area (Å²) in [6.07, 6.45) is 0.651. The molecule has 2 N–H and O–H groups in total. The van der Waals surface area contributed by atoms with Crippen LogP contribution in [-0.4, -0.2) is 37.2 Å². The SMILES string of the molecule is CC[C@H](C)[C@H](NC(=O)c1cc(OC)cc(OC)c1)C(=O)O. The second kappa shape index (κ2) is 7.52. The van der Waals surface area contributed by atoms with Crippen LogP contribution in [0.4, 0.5) is 0 Å². The molecular weight excluding hydrogens is 274 g/mol. The molecule has 2 atom stereocenters. The Kier molecular flexibility index (Phi) is 6.02. The van der Waals surface area contributed by atoms with Crippen molar-refractivity contribution in [2.24, 2.45) is 5.92 Å². The van der Waals surface area contributed by atoms with E-state index in [2.05, 4.69) is 5.32 Å². The third-order valence-corrected chi connectivity index (χ3v) is 3.38. The van der Waals surface area contributed by atoms with Crippen molar-refractivity contribution in [3.8, 4) is 11.5 Å². The number of carboxylic acid groups (broad SMARTS) is 1. The zero-order chi connectivity index (χ0) is 16.0. The lowest BCUT2D eigenvalue weighted by Gasteiger charge is -2.20. The van der Waals surface area contributed by atoms with Crippen LogP contribution in [0.1, 0.15) is 30.6 Å². The van der Waals surface area contributed by atoms with E-state index in [0.29, 0.717) is 23.5 Å². The van der Waals surface area contributed by atoms with Crippen LogP contribution < -0.4 is 14.8 Å². The topological polar surface area (TPSA) is 84.9 Å². The summed E-state index contributed by atoms with van der Waals surface area (Å²) in [5.74, 6) is -0.753. The molecule has 1 rings (SSSR count).